The SMILES string of the molecule is CC1CC(NC(=O)COC2CCNCC2)CCN1C. The summed E-state index contributed by atoms with van der Waals surface area (Å²) in [5.74, 6) is 0.0419. The minimum Gasteiger partial charge on any atom is -0.368 e. The normalized spacial score (nSPS) is 30.2. The molecule has 0 aromatic heterocycles. The molecule has 0 aromatic carbocycles. The van der Waals surface area contributed by atoms with Crippen LogP contribution in [0.4, 0.5) is 0 Å². The summed E-state index contributed by atoms with van der Waals surface area (Å²) in [5.41, 5.74) is 0. The van der Waals surface area contributed by atoms with E-state index in [-0.39, 0.29) is 18.6 Å². The van der Waals surface area contributed by atoms with E-state index < -0.39 is 0 Å². The molecule has 2 rings (SSSR count). The smallest absolute Gasteiger partial charge is 0.246 e. The first-order valence-electron chi connectivity index (χ1n) is 7.47. The lowest BCUT2D eigenvalue weighted by Crippen LogP contribution is -2.48. The van der Waals surface area contributed by atoms with Gasteiger partial charge in [-0.3, -0.25) is 4.79 Å². The quantitative estimate of drug-likeness (QED) is 0.773. The molecule has 110 valence electrons. The van der Waals surface area contributed by atoms with Gasteiger partial charge in [-0.2, -0.15) is 0 Å². The van der Waals surface area contributed by atoms with Crippen molar-refractivity contribution in [1.29, 1.82) is 0 Å². The minimum atomic E-state index is 0.0419. The van der Waals surface area contributed by atoms with Crippen LogP contribution in [0.5, 0.6) is 0 Å². The van der Waals surface area contributed by atoms with Gasteiger partial charge in [-0.1, -0.05) is 0 Å². The fourth-order valence-corrected chi connectivity index (χ4v) is 2.85. The zero-order valence-corrected chi connectivity index (χ0v) is 12.2. The molecule has 1 amide bonds. The number of carbonyl (C=O) groups excluding carboxylic acids is 1. The maximum Gasteiger partial charge on any atom is 0.246 e. The van der Waals surface area contributed by atoms with Crippen molar-refractivity contribution >= 4 is 5.91 Å². The van der Waals surface area contributed by atoms with Crippen molar-refractivity contribution in [2.45, 2.75) is 50.8 Å². The summed E-state index contributed by atoms with van der Waals surface area (Å²) in [5, 5.41) is 6.40. The Kier molecular flexibility index (Phi) is 5.60. The number of nitrogens with one attached hydrogen (secondary N) is 2. The molecule has 2 saturated heterocycles. The highest BCUT2D eigenvalue weighted by molar-refractivity contribution is 5.77. The molecule has 0 saturated carbocycles. The van der Waals surface area contributed by atoms with Crippen LogP contribution in [0, 0.1) is 0 Å². The second-order valence-electron chi connectivity index (χ2n) is 5.88. The van der Waals surface area contributed by atoms with Gasteiger partial charge in [-0.25, -0.2) is 0 Å². The molecule has 2 atom stereocenters. The minimum absolute atomic E-state index is 0.0419. The summed E-state index contributed by atoms with van der Waals surface area (Å²) < 4.78 is 5.67. The van der Waals surface area contributed by atoms with Gasteiger partial charge >= 0.3 is 0 Å². The van der Waals surface area contributed by atoms with Crippen molar-refractivity contribution in [1.82, 2.24) is 15.5 Å². The van der Waals surface area contributed by atoms with E-state index >= 15 is 0 Å². The van der Waals surface area contributed by atoms with Gasteiger partial charge < -0.3 is 20.3 Å². The number of rotatable bonds is 4. The van der Waals surface area contributed by atoms with Gasteiger partial charge in [0.15, 0.2) is 0 Å². The van der Waals surface area contributed by atoms with Crippen molar-refractivity contribution in [3.63, 3.8) is 0 Å². The van der Waals surface area contributed by atoms with Gasteiger partial charge in [0.05, 0.1) is 6.10 Å². The monoisotopic (exact) mass is 269 g/mol. The summed E-state index contributed by atoms with van der Waals surface area (Å²) in [6.45, 7) is 5.48. The molecule has 0 bridgehead atoms. The van der Waals surface area contributed by atoms with Crippen LogP contribution in [0.25, 0.3) is 0 Å². The molecule has 0 radical (unpaired) electrons. The van der Waals surface area contributed by atoms with Crippen molar-refractivity contribution in [2.75, 3.05) is 33.3 Å². The van der Waals surface area contributed by atoms with E-state index in [1.165, 1.54) is 0 Å². The lowest BCUT2D eigenvalue weighted by molar-refractivity contribution is -0.129. The van der Waals surface area contributed by atoms with Crippen LogP contribution in [0.3, 0.4) is 0 Å². The molecule has 19 heavy (non-hydrogen) atoms. The van der Waals surface area contributed by atoms with Crippen LogP contribution in [0.1, 0.15) is 32.6 Å². The highest BCUT2D eigenvalue weighted by atomic mass is 16.5. The van der Waals surface area contributed by atoms with Crippen LogP contribution in [-0.2, 0) is 9.53 Å². The lowest BCUT2D eigenvalue weighted by atomic mass is 9.99. The zero-order chi connectivity index (χ0) is 13.7. The topological polar surface area (TPSA) is 53.6 Å². The summed E-state index contributed by atoms with van der Waals surface area (Å²) in [6.07, 6.45) is 4.36. The van der Waals surface area contributed by atoms with E-state index in [4.69, 9.17) is 4.74 Å². The molecule has 0 spiro atoms. The number of hydrogen-bond acceptors (Lipinski definition) is 4. The number of carbonyl (C=O) groups is 1. The summed E-state index contributed by atoms with van der Waals surface area (Å²) >= 11 is 0. The fourth-order valence-electron chi connectivity index (χ4n) is 2.85. The van der Waals surface area contributed by atoms with Crippen LogP contribution in [0.2, 0.25) is 0 Å². The Bertz CT molecular complexity index is 292. The number of ether oxygens (including phenoxy) is 1. The van der Waals surface area contributed by atoms with E-state index in [1.54, 1.807) is 0 Å². The maximum atomic E-state index is 11.9. The highest BCUT2D eigenvalue weighted by Crippen LogP contribution is 2.15. The van der Waals surface area contributed by atoms with Gasteiger partial charge in [0.1, 0.15) is 6.61 Å². The van der Waals surface area contributed by atoms with E-state index in [1.807, 2.05) is 0 Å². The van der Waals surface area contributed by atoms with Crippen LogP contribution < -0.4 is 10.6 Å². The third-order valence-corrected chi connectivity index (χ3v) is 4.31. The summed E-state index contributed by atoms with van der Waals surface area (Å²) in [4.78, 5) is 14.2. The Balaban J connectivity index is 1.63. The second kappa shape index (κ2) is 7.22. The Morgan fingerprint density at radius 3 is 2.79 bits per heavy atom. The molecule has 0 aromatic rings. The number of likely N-dealkylation sites (tertiary alicyclic amines) is 1. The molecule has 5 heteroatoms. The first-order valence-corrected chi connectivity index (χ1v) is 7.47. The van der Waals surface area contributed by atoms with Crippen molar-refractivity contribution in [2.24, 2.45) is 0 Å². The number of amides is 1. The number of piperidine rings is 2. The molecule has 2 aliphatic rings. The molecule has 2 unspecified atom stereocenters. The first-order chi connectivity index (χ1) is 9.15. The maximum absolute atomic E-state index is 11.9. The highest BCUT2D eigenvalue weighted by Gasteiger charge is 2.24. The average Bonchev–Trinajstić information content (AvgIpc) is 2.42. The average molecular weight is 269 g/mol. The van der Waals surface area contributed by atoms with Gasteiger partial charge in [-0.05, 0) is 52.7 Å². The molecule has 2 heterocycles. The van der Waals surface area contributed by atoms with Gasteiger partial charge in [0, 0.05) is 18.6 Å². The van der Waals surface area contributed by atoms with Crippen molar-refractivity contribution < 1.29 is 9.53 Å². The fraction of sp³-hybridized carbons (Fsp3) is 0.929. The van der Waals surface area contributed by atoms with E-state index in [0.717, 1.165) is 45.3 Å². The van der Waals surface area contributed by atoms with Gasteiger partial charge in [0.2, 0.25) is 5.91 Å². The lowest BCUT2D eigenvalue weighted by Gasteiger charge is -2.35. The largest absolute Gasteiger partial charge is 0.368 e. The predicted octanol–water partition coefficient (Wildman–Crippen LogP) is 0.354. The van der Waals surface area contributed by atoms with Gasteiger partial charge in [0.25, 0.3) is 0 Å². The second-order valence-corrected chi connectivity index (χ2v) is 5.88. The predicted molar refractivity (Wildman–Crippen MR) is 75.1 cm³/mol. The molecule has 2 N–H and O–H groups in total. The molecule has 2 fully saturated rings. The van der Waals surface area contributed by atoms with E-state index in [2.05, 4.69) is 29.5 Å². The molecule has 0 aliphatic carbocycles. The van der Waals surface area contributed by atoms with Crippen LogP contribution in [-0.4, -0.2) is 62.3 Å². The third kappa shape index (κ3) is 4.75. The Morgan fingerprint density at radius 2 is 2.11 bits per heavy atom. The van der Waals surface area contributed by atoms with E-state index in [9.17, 15) is 4.79 Å². The molecule has 5 nitrogen and oxygen atoms in total. The van der Waals surface area contributed by atoms with Crippen molar-refractivity contribution in [3.8, 4) is 0 Å². The van der Waals surface area contributed by atoms with Crippen molar-refractivity contribution in [3.05, 3.63) is 0 Å². The Hall–Kier alpha value is -0.650. The summed E-state index contributed by atoms with van der Waals surface area (Å²) in [7, 11) is 2.14. The Morgan fingerprint density at radius 1 is 1.37 bits per heavy atom. The first kappa shape index (κ1) is 14.8. The summed E-state index contributed by atoms with van der Waals surface area (Å²) in [6, 6.07) is 0.861. The zero-order valence-electron chi connectivity index (χ0n) is 12.2. The van der Waals surface area contributed by atoms with Crippen LogP contribution in [0.15, 0.2) is 0 Å². The molecular weight excluding hydrogens is 242 g/mol. The third-order valence-electron chi connectivity index (χ3n) is 4.31. The molecule has 2 aliphatic heterocycles. The Labute approximate surface area is 116 Å². The van der Waals surface area contributed by atoms with Crippen LogP contribution >= 0.6 is 0 Å². The number of nitrogens with zero attached hydrogens (tertiary/aromatic N) is 1. The van der Waals surface area contributed by atoms with Gasteiger partial charge in [-0.15, -0.1) is 0 Å². The van der Waals surface area contributed by atoms with E-state index in [0.29, 0.717) is 12.1 Å². The molecular formula is C14H27N3O2. The standard InChI is InChI=1S/C14H27N3O2/c1-11-9-12(5-8-17(11)2)16-14(18)10-19-13-3-6-15-7-4-13/h11-13,15H,3-10H2,1-2H3,(H,16,18). The number of hydrogen-bond donors (Lipinski definition) is 2.